The van der Waals surface area contributed by atoms with Crippen molar-refractivity contribution in [3.8, 4) is 44.9 Å². The summed E-state index contributed by atoms with van der Waals surface area (Å²) in [5.74, 6) is 0.914. The van der Waals surface area contributed by atoms with Crippen LogP contribution in [0.15, 0.2) is 170 Å². The summed E-state index contributed by atoms with van der Waals surface area (Å²) >= 11 is 0. The van der Waals surface area contributed by atoms with Crippen LogP contribution < -0.4 is 0 Å². The molecule has 4 heteroatoms. The van der Waals surface area contributed by atoms with Gasteiger partial charge in [-0.2, -0.15) is 0 Å². The average molecular weight is 661 g/mol. The van der Waals surface area contributed by atoms with Gasteiger partial charge in [-0.05, 0) is 87.6 Å². The van der Waals surface area contributed by atoms with Gasteiger partial charge >= 0.3 is 0 Å². The quantitative estimate of drug-likeness (QED) is 0.189. The molecule has 1 aliphatic rings. The molecule has 7 aromatic carbocycles. The Hall–Kier alpha value is -7.04. The van der Waals surface area contributed by atoms with Crippen LogP contribution in [0.1, 0.15) is 0 Å². The maximum atomic E-state index is 5.09. The minimum atomic E-state index is 0.914. The third-order valence-corrected chi connectivity index (χ3v) is 11.2. The Bertz CT molecular complexity index is 3290. The highest BCUT2D eigenvalue weighted by atomic mass is 15.1. The summed E-state index contributed by atoms with van der Waals surface area (Å²) in [4.78, 5) is 9.62. The van der Waals surface area contributed by atoms with Gasteiger partial charge in [-0.15, -0.1) is 0 Å². The van der Waals surface area contributed by atoms with E-state index in [4.69, 9.17) is 4.98 Å². The van der Waals surface area contributed by atoms with E-state index in [1.54, 1.807) is 0 Å². The van der Waals surface area contributed by atoms with Gasteiger partial charge in [0.2, 0.25) is 0 Å². The predicted molar refractivity (Wildman–Crippen MR) is 216 cm³/mol. The number of aromatic nitrogens is 4. The Morgan fingerprint density at radius 2 is 1.08 bits per heavy atom. The first kappa shape index (κ1) is 27.7. The third-order valence-electron chi connectivity index (χ3n) is 11.2. The van der Waals surface area contributed by atoms with Crippen LogP contribution in [0.3, 0.4) is 0 Å². The largest absolute Gasteiger partial charge is 0.309 e. The lowest BCUT2D eigenvalue weighted by Crippen LogP contribution is -1.98. The second-order valence-corrected chi connectivity index (χ2v) is 13.8. The normalized spacial score (nSPS) is 12.2. The number of hydrogen-bond donors (Lipinski definition) is 0. The zero-order chi connectivity index (χ0) is 33.9. The van der Waals surface area contributed by atoms with Gasteiger partial charge in [-0.3, -0.25) is 9.55 Å². The molecule has 0 N–H and O–H groups in total. The second-order valence-electron chi connectivity index (χ2n) is 13.8. The Morgan fingerprint density at radius 3 is 1.96 bits per heavy atom. The van der Waals surface area contributed by atoms with Gasteiger partial charge in [-0.25, -0.2) is 4.98 Å². The second kappa shape index (κ2) is 10.3. The van der Waals surface area contributed by atoms with Crippen molar-refractivity contribution in [2.24, 2.45) is 0 Å². The molecule has 4 heterocycles. The number of hydrogen-bond acceptors (Lipinski definition) is 2. The summed E-state index contributed by atoms with van der Waals surface area (Å²) in [5.41, 5.74) is 13.0. The number of pyridine rings is 2. The van der Waals surface area contributed by atoms with Crippen molar-refractivity contribution in [1.29, 1.82) is 0 Å². The van der Waals surface area contributed by atoms with Crippen molar-refractivity contribution in [3.05, 3.63) is 170 Å². The number of benzene rings is 7. The minimum Gasteiger partial charge on any atom is -0.309 e. The van der Waals surface area contributed by atoms with Crippen molar-refractivity contribution < 1.29 is 0 Å². The Kier molecular flexibility index (Phi) is 5.47. The highest BCUT2D eigenvalue weighted by Gasteiger charge is 2.24. The van der Waals surface area contributed by atoms with E-state index in [1.165, 1.54) is 71.0 Å². The van der Waals surface area contributed by atoms with E-state index in [0.717, 1.165) is 39.1 Å². The lowest BCUT2D eigenvalue weighted by atomic mass is 9.99. The molecule has 12 rings (SSSR count). The minimum absolute atomic E-state index is 0.914. The van der Waals surface area contributed by atoms with Crippen LogP contribution in [0.4, 0.5) is 0 Å². The fourth-order valence-corrected chi connectivity index (χ4v) is 8.89. The maximum Gasteiger partial charge on any atom is 0.138 e. The van der Waals surface area contributed by atoms with E-state index in [9.17, 15) is 0 Å². The SMILES string of the molecule is c1ccc(-n2c3ccc(-c4ccc5c(c4)c4ccccc4n5-c4cc5c(cn4)-c4cncc6cccc-5c46)cc3c3c4ccccc4ccc32)cc1. The molecule has 0 unspecified atom stereocenters. The van der Waals surface area contributed by atoms with Crippen molar-refractivity contribution >= 4 is 65.2 Å². The molecule has 1 aliphatic carbocycles. The first-order chi connectivity index (χ1) is 25.8. The molecule has 0 aliphatic heterocycles. The molecule has 0 saturated carbocycles. The molecule has 52 heavy (non-hydrogen) atoms. The van der Waals surface area contributed by atoms with E-state index >= 15 is 0 Å². The molecule has 4 aromatic heterocycles. The highest BCUT2D eigenvalue weighted by Crippen LogP contribution is 2.47. The van der Waals surface area contributed by atoms with E-state index in [-0.39, 0.29) is 0 Å². The molecule has 0 amide bonds. The van der Waals surface area contributed by atoms with Crippen LogP contribution in [0.5, 0.6) is 0 Å². The highest BCUT2D eigenvalue weighted by molar-refractivity contribution is 6.22. The van der Waals surface area contributed by atoms with Crippen LogP contribution >= 0.6 is 0 Å². The summed E-state index contributed by atoms with van der Waals surface area (Å²) in [6.07, 6.45) is 5.95. The molecule has 0 spiro atoms. The van der Waals surface area contributed by atoms with Crippen molar-refractivity contribution in [2.75, 3.05) is 0 Å². The Balaban J connectivity index is 1.07. The standard InChI is InChI=1S/C48H28N4/c1-2-11-33(12-3-1)51-44-21-19-31(24-39(44)48-34-13-5-4-9-29(34)17-22-45(48)51)30-18-20-43-38(23-30)35-14-6-7-16-42(35)52(43)46-25-37-36-15-8-10-32-26-49-27-41(47(32)36)40(37)28-50-46/h1-28H. The zero-order valence-corrected chi connectivity index (χ0v) is 28.0. The Labute approximate surface area is 298 Å². The number of para-hydroxylation sites is 2. The fourth-order valence-electron chi connectivity index (χ4n) is 8.89. The molecule has 0 saturated heterocycles. The Morgan fingerprint density at radius 1 is 0.365 bits per heavy atom. The van der Waals surface area contributed by atoms with Crippen molar-refractivity contribution in [3.63, 3.8) is 0 Å². The van der Waals surface area contributed by atoms with E-state index < -0.39 is 0 Å². The van der Waals surface area contributed by atoms with E-state index in [1.807, 2.05) is 18.6 Å². The number of rotatable bonds is 3. The van der Waals surface area contributed by atoms with Crippen LogP contribution in [-0.4, -0.2) is 19.1 Å². The summed E-state index contributed by atoms with van der Waals surface area (Å²) in [5, 5.41) is 9.90. The first-order valence-electron chi connectivity index (χ1n) is 17.7. The zero-order valence-electron chi connectivity index (χ0n) is 28.0. The summed E-state index contributed by atoms with van der Waals surface area (Å²) in [6.45, 7) is 0. The van der Waals surface area contributed by atoms with Gasteiger partial charge in [-0.1, -0.05) is 97.1 Å². The van der Waals surface area contributed by atoms with Crippen LogP contribution in [0.25, 0.3) is 110 Å². The van der Waals surface area contributed by atoms with E-state index in [2.05, 4.69) is 166 Å². The molecule has 11 aromatic rings. The molecule has 0 atom stereocenters. The van der Waals surface area contributed by atoms with Crippen molar-refractivity contribution in [2.45, 2.75) is 0 Å². The fraction of sp³-hybridized carbons (Fsp3) is 0. The summed E-state index contributed by atoms with van der Waals surface area (Å²) in [6, 6.07) is 55.2. The van der Waals surface area contributed by atoms with Gasteiger partial charge in [0.05, 0.1) is 22.1 Å². The maximum absolute atomic E-state index is 5.09. The molecule has 240 valence electrons. The van der Waals surface area contributed by atoms with Gasteiger partial charge < -0.3 is 4.57 Å². The third kappa shape index (κ3) is 3.70. The lowest BCUT2D eigenvalue weighted by Gasteiger charge is -2.10. The van der Waals surface area contributed by atoms with E-state index in [0.29, 0.717) is 0 Å². The number of nitrogens with zero attached hydrogens (tertiary/aromatic N) is 4. The van der Waals surface area contributed by atoms with Gasteiger partial charge in [0.25, 0.3) is 0 Å². The smallest absolute Gasteiger partial charge is 0.138 e. The molecular weight excluding hydrogens is 633 g/mol. The lowest BCUT2D eigenvalue weighted by molar-refractivity contribution is 1.08. The molecule has 4 nitrogen and oxygen atoms in total. The summed E-state index contributed by atoms with van der Waals surface area (Å²) in [7, 11) is 0. The van der Waals surface area contributed by atoms with Gasteiger partial charge in [0.1, 0.15) is 5.82 Å². The van der Waals surface area contributed by atoms with Gasteiger partial charge in [0.15, 0.2) is 0 Å². The molecular formula is C48H28N4. The topological polar surface area (TPSA) is 35.6 Å². The molecule has 0 bridgehead atoms. The number of fused-ring (bicyclic) bond motifs is 11. The van der Waals surface area contributed by atoms with Crippen LogP contribution in [-0.2, 0) is 0 Å². The van der Waals surface area contributed by atoms with Crippen molar-refractivity contribution in [1.82, 2.24) is 19.1 Å². The van der Waals surface area contributed by atoms with Crippen LogP contribution in [0, 0.1) is 0 Å². The monoisotopic (exact) mass is 660 g/mol. The average Bonchev–Trinajstić information content (AvgIpc) is 3.84. The predicted octanol–water partition coefficient (Wildman–Crippen LogP) is 12.3. The molecule has 0 fully saturated rings. The summed E-state index contributed by atoms with van der Waals surface area (Å²) < 4.78 is 4.72. The van der Waals surface area contributed by atoms with Crippen LogP contribution in [0.2, 0.25) is 0 Å². The van der Waals surface area contributed by atoms with Gasteiger partial charge in [0, 0.05) is 67.7 Å². The first-order valence-corrected chi connectivity index (χ1v) is 17.7. The molecule has 0 radical (unpaired) electrons.